The van der Waals surface area contributed by atoms with Crippen LogP contribution < -0.4 is 10.1 Å². The highest BCUT2D eigenvalue weighted by molar-refractivity contribution is 7.17. The van der Waals surface area contributed by atoms with Gasteiger partial charge in [-0.25, -0.2) is 4.79 Å². The lowest BCUT2D eigenvalue weighted by Gasteiger charge is -2.10. The number of carbonyl (C=O) groups excluding carboxylic acids is 1. The van der Waals surface area contributed by atoms with E-state index in [1.807, 2.05) is 0 Å². The van der Waals surface area contributed by atoms with Crippen LogP contribution in [-0.4, -0.2) is 24.1 Å². The van der Waals surface area contributed by atoms with Crippen molar-refractivity contribution in [2.75, 3.05) is 12.4 Å². The Morgan fingerprint density at radius 2 is 1.87 bits per heavy atom. The molecule has 5 nitrogen and oxygen atoms in total. The molecule has 1 aromatic carbocycles. The molecule has 1 amide bonds. The highest BCUT2D eigenvalue weighted by Crippen LogP contribution is 2.38. The molecule has 0 saturated heterocycles. The van der Waals surface area contributed by atoms with Gasteiger partial charge in [-0.3, -0.25) is 4.79 Å². The first-order chi connectivity index (χ1) is 11.1. The van der Waals surface area contributed by atoms with Crippen LogP contribution in [0.5, 0.6) is 5.75 Å². The maximum atomic E-state index is 12.4. The Kier molecular flexibility index (Phi) is 4.34. The minimum Gasteiger partial charge on any atom is -0.497 e. The van der Waals surface area contributed by atoms with E-state index in [0.29, 0.717) is 16.3 Å². The number of hydrogen-bond acceptors (Lipinski definition) is 4. The van der Waals surface area contributed by atoms with Crippen molar-refractivity contribution in [2.45, 2.75) is 25.7 Å². The third kappa shape index (κ3) is 3.07. The number of carboxylic acids is 1. The molecule has 120 valence electrons. The van der Waals surface area contributed by atoms with Crippen LogP contribution in [0.25, 0.3) is 0 Å². The van der Waals surface area contributed by atoms with E-state index in [9.17, 15) is 14.7 Å². The summed E-state index contributed by atoms with van der Waals surface area (Å²) in [6.45, 7) is 0. The van der Waals surface area contributed by atoms with Crippen LogP contribution >= 0.6 is 11.3 Å². The normalized spacial score (nSPS) is 13.3. The molecule has 1 heterocycles. The number of thiophene rings is 1. The summed E-state index contributed by atoms with van der Waals surface area (Å²) < 4.78 is 5.07. The lowest BCUT2D eigenvalue weighted by molar-refractivity contribution is 0.0697. The maximum absolute atomic E-state index is 12.4. The maximum Gasteiger partial charge on any atom is 0.339 e. The van der Waals surface area contributed by atoms with E-state index in [1.165, 1.54) is 11.3 Å². The number of fused-ring (bicyclic) bond motifs is 1. The molecule has 23 heavy (non-hydrogen) atoms. The van der Waals surface area contributed by atoms with Gasteiger partial charge in [-0.05, 0) is 55.5 Å². The molecular formula is C17H17NO4S. The molecule has 6 heteroatoms. The van der Waals surface area contributed by atoms with Gasteiger partial charge < -0.3 is 15.2 Å². The van der Waals surface area contributed by atoms with Gasteiger partial charge in [0.1, 0.15) is 10.8 Å². The van der Waals surface area contributed by atoms with Gasteiger partial charge in [-0.1, -0.05) is 0 Å². The minimum absolute atomic E-state index is 0.256. The van der Waals surface area contributed by atoms with Crippen LogP contribution in [0.1, 0.15) is 44.0 Å². The number of rotatable bonds is 4. The summed E-state index contributed by atoms with van der Waals surface area (Å²) in [6, 6.07) is 6.71. The van der Waals surface area contributed by atoms with Crippen LogP contribution in [-0.2, 0) is 12.8 Å². The number of carboxylic acid groups (broad SMARTS) is 1. The Balaban J connectivity index is 1.88. The number of anilines is 1. The fourth-order valence-corrected chi connectivity index (χ4v) is 4.07. The molecule has 1 aromatic heterocycles. The standard InChI is InChI=1S/C17H17NO4S/c1-22-11-8-6-10(7-9-11)15(19)18-16-14(17(20)21)12-4-2-3-5-13(12)23-16/h6-9H,2-5H2,1H3,(H,18,19)(H,20,21). The first kappa shape index (κ1) is 15.6. The molecule has 1 aliphatic rings. The second-order valence-corrected chi connectivity index (χ2v) is 6.51. The Labute approximate surface area is 137 Å². The van der Waals surface area contributed by atoms with Gasteiger partial charge in [0.2, 0.25) is 0 Å². The van der Waals surface area contributed by atoms with Crippen molar-refractivity contribution in [3.05, 3.63) is 45.8 Å². The number of amides is 1. The predicted octanol–water partition coefficient (Wildman–Crippen LogP) is 3.59. The quantitative estimate of drug-likeness (QED) is 0.898. The van der Waals surface area contributed by atoms with E-state index in [4.69, 9.17) is 4.74 Å². The topological polar surface area (TPSA) is 75.6 Å². The number of methoxy groups -OCH3 is 1. The minimum atomic E-state index is -0.977. The second-order valence-electron chi connectivity index (χ2n) is 5.40. The molecule has 0 atom stereocenters. The Bertz CT molecular complexity index is 749. The smallest absolute Gasteiger partial charge is 0.339 e. The molecular weight excluding hydrogens is 314 g/mol. The molecule has 0 bridgehead atoms. The summed E-state index contributed by atoms with van der Waals surface area (Å²) in [5, 5.41) is 12.7. The van der Waals surface area contributed by atoms with Crippen molar-refractivity contribution in [1.82, 2.24) is 0 Å². The molecule has 0 aliphatic heterocycles. The van der Waals surface area contributed by atoms with Gasteiger partial charge in [0.05, 0.1) is 12.7 Å². The summed E-state index contributed by atoms with van der Waals surface area (Å²) in [6.07, 6.45) is 3.72. The van der Waals surface area contributed by atoms with Gasteiger partial charge in [-0.2, -0.15) is 0 Å². The number of nitrogens with one attached hydrogen (secondary N) is 1. The zero-order valence-corrected chi connectivity index (χ0v) is 13.5. The predicted molar refractivity (Wildman–Crippen MR) is 88.9 cm³/mol. The summed E-state index contributed by atoms with van der Waals surface area (Å²) in [7, 11) is 1.56. The average molecular weight is 331 g/mol. The Morgan fingerprint density at radius 1 is 1.17 bits per heavy atom. The molecule has 0 radical (unpaired) electrons. The van der Waals surface area contributed by atoms with Crippen LogP contribution in [0, 0.1) is 0 Å². The highest BCUT2D eigenvalue weighted by Gasteiger charge is 2.26. The Morgan fingerprint density at radius 3 is 2.52 bits per heavy atom. The number of aryl methyl sites for hydroxylation is 1. The van der Waals surface area contributed by atoms with Gasteiger partial charge in [-0.15, -0.1) is 11.3 Å². The van der Waals surface area contributed by atoms with E-state index < -0.39 is 5.97 Å². The van der Waals surface area contributed by atoms with E-state index in [1.54, 1.807) is 31.4 Å². The van der Waals surface area contributed by atoms with E-state index in [2.05, 4.69) is 5.32 Å². The van der Waals surface area contributed by atoms with Crippen molar-refractivity contribution < 1.29 is 19.4 Å². The van der Waals surface area contributed by atoms with Crippen LogP contribution in [0.4, 0.5) is 5.00 Å². The summed E-state index contributed by atoms with van der Waals surface area (Å²) in [5.74, 6) is -0.623. The molecule has 1 aliphatic carbocycles. The van der Waals surface area contributed by atoms with Crippen molar-refractivity contribution in [3.63, 3.8) is 0 Å². The van der Waals surface area contributed by atoms with Crippen LogP contribution in [0.2, 0.25) is 0 Å². The highest BCUT2D eigenvalue weighted by atomic mass is 32.1. The van der Waals surface area contributed by atoms with Crippen molar-refractivity contribution in [2.24, 2.45) is 0 Å². The lowest BCUT2D eigenvalue weighted by atomic mass is 9.95. The first-order valence-electron chi connectivity index (χ1n) is 7.43. The van der Waals surface area contributed by atoms with Gasteiger partial charge in [0.15, 0.2) is 0 Å². The zero-order chi connectivity index (χ0) is 16.4. The van der Waals surface area contributed by atoms with E-state index in [-0.39, 0.29) is 11.5 Å². The SMILES string of the molecule is COc1ccc(C(=O)Nc2sc3c(c2C(=O)O)CCCC3)cc1. The molecule has 0 saturated carbocycles. The summed E-state index contributed by atoms with van der Waals surface area (Å²) >= 11 is 1.38. The number of benzene rings is 1. The van der Waals surface area contributed by atoms with Gasteiger partial charge in [0, 0.05) is 10.4 Å². The van der Waals surface area contributed by atoms with E-state index in [0.717, 1.165) is 36.1 Å². The second kappa shape index (κ2) is 6.42. The summed E-state index contributed by atoms with van der Waals surface area (Å²) in [5.41, 5.74) is 1.61. The monoisotopic (exact) mass is 331 g/mol. The lowest BCUT2D eigenvalue weighted by Crippen LogP contribution is -2.14. The third-order valence-electron chi connectivity index (χ3n) is 3.96. The molecule has 0 fully saturated rings. The number of carbonyl (C=O) groups is 2. The van der Waals surface area contributed by atoms with Crippen LogP contribution in [0.15, 0.2) is 24.3 Å². The Hall–Kier alpha value is -2.34. The number of aromatic carboxylic acids is 1. The molecule has 2 aromatic rings. The summed E-state index contributed by atoms with van der Waals surface area (Å²) in [4.78, 5) is 25.0. The fraction of sp³-hybridized carbons (Fsp3) is 0.294. The molecule has 3 rings (SSSR count). The van der Waals surface area contributed by atoms with Gasteiger partial charge >= 0.3 is 5.97 Å². The zero-order valence-electron chi connectivity index (χ0n) is 12.7. The molecule has 0 unspecified atom stereocenters. The molecule has 2 N–H and O–H groups in total. The third-order valence-corrected chi connectivity index (χ3v) is 5.17. The van der Waals surface area contributed by atoms with Crippen molar-refractivity contribution in [1.29, 1.82) is 0 Å². The molecule has 0 spiro atoms. The first-order valence-corrected chi connectivity index (χ1v) is 8.25. The van der Waals surface area contributed by atoms with E-state index >= 15 is 0 Å². The number of hydrogen-bond donors (Lipinski definition) is 2. The van der Waals surface area contributed by atoms with Crippen LogP contribution in [0.3, 0.4) is 0 Å². The average Bonchev–Trinajstić information content (AvgIpc) is 2.92. The largest absolute Gasteiger partial charge is 0.497 e. The number of ether oxygens (including phenoxy) is 1. The van der Waals surface area contributed by atoms with Crippen molar-refractivity contribution >= 4 is 28.2 Å². The fourth-order valence-electron chi connectivity index (χ4n) is 2.80. The van der Waals surface area contributed by atoms with Crippen molar-refractivity contribution in [3.8, 4) is 5.75 Å². The van der Waals surface area contributed by atoms with Gasteiger partial charge in [0.25, 0.3) is 5.91 Å².